The molecule has 2 rings (SSSR count). The summed E-state index contributed by atoms with van der Waals surface area (Å²) in [5.41, 5.74) is 9.23. The number of rotatable bonds is 7. The lowest BCUT2D eigenvalue weighted by atomic mass is 10.1. The zero-order valence-electron chi connectivity index (χ0n) is 12.8. The number of methoxy groups -OCH3 is 1. The van der Waals surface area contributed by atoms with E-state index in [2.05, 4.69) is 23.1 Å². The van der Waals surface area contributed by atoms with Gasteiger partial charge in [0.25, 0.3) is 0 Å². The lowest BCUT2D eigenvalue weighted by Crippen LogP contribution is -2.09. The Hall–Kier alpha value is -2.08. The van der Waals surface area contributed by atoms with Crippen LogP contribution in [0.5, 0.6) is 5.88 Å². The third-order valence-corrected chi connectivity index (χ3v) is 3.16. The third kappa shape index (κ3) is 3.52. The highest BCUT2D eigenvalue weighted by atomic mass is 16.5. The molecule has 2 aromatic rings. The second kappa shape index (κ2) is 7.08. The van der Waals surface area contributed by atoms with Gasteiger partial charge in [-0.1, -0.05) is 6.92 Å². The van der Waals surface area contributed by atoms with Crippen molar-refractivity contribution in [1.82, 2.24) is 14.8 Å². The van der Waals surface area contributed by atoms with Gasteiger partial charge in [-0.2, -0.15) is 5.10 Å². The van der Waals surface area contributed by atoms with Crippen molar-refractivity contribution in [1.29, 1.82) is 0 Å². The smallest absolute Gasteiger partial charge is 0.223 e. The molecule has 21 heavy (non-hydrogen) atoms. The fourth-order valence-electron chi connectivity index (χ4n) is 2.15. The van der Waals surface area contributed by atoms with Crippen LogP contribution >= 0.6 is 0 Å². The molecule has 0 bridgehead atoms. The fourth-order valence-corrected chi connectivity index (χ4v) is 2.15. The Morgan fingerprint density at radius 3 is 2.76 bits per heavy atom. The van der Waals surface area contributed by atoms with Gasteiger partial charge in [0.2, 0.25) is 5.88 Å². The Kier molecular flexibility index (Phi) is 5.16. The molecule has 0 saturated heterocycles. The number of nitrogen functional groups attached to an aromatic ring is 1. The summed E-state index contributed by atoms with van der Waals surface area (Å²) in [5.74, 6) is 0.561. The van der Waals surface area contributed by atoms with Gasteiger partial charge in [-0.3, -0.25) is 4.68 Å². The molecule has 0 amide bonds. The number of anilines is 1. The molecular formula is C15H22N4O2. The maximum absolute atomic E-state index is 5.85. The first-order chi connectivity index (χ1) is 10.2. The van der Waals surface area contributed by atoms with Crippen LogP contribution in [-0.4, -0.2) is 35.1 Å². The minimum Gasteiger partial charge on any atom is -0.477 e. The second-order valence-electron chi connectivity index (χ2n) is 4.64. The maximum atomic E-state index is 5.85. The van der Waals surface area contributed by atoms with E-state index in [4.69, 9.17) is 15.2 Å². The standard InChI is InChI=1S/C15H22N4O2/c1-4-12-9-14(18-19(12)6-7-20-3)13-8-11(16)10-17-15(13)21-5-2/h8-10H,4-7,16H2,1-3H3. The first-order valence-electron chi connectivity index (χ1n) is 7.13. The summed E-state index contributed by atoms with van der Waals surface area (Å²) in [5, 5.41) is 4.63. The minimum absolute atomic E-state index is 0.551. The van der Waals surface area contributed by atoms with E-state index >= 15 is 0 Å². The van der Waals surface area contributed by atoms with E-state index in [1.165, 1.54) is 0 Å². The molecule has 0 spiro atoms. The predicted molar refractivity (Wildman–Crippen MR) is 82.3 cm³/mol. The van der Waals surface area contributed by atoms with Crippen molar-refractivity contribution in [2.75, 3.05) is 26.1 Å². The Morgan fingerprint density at radius 1 is 1.29 bits per heavy atom. The number of nitrogens with two attached hydrogens (primary N) is 1. The molecule has 0 radical (unpaired) electrons. The monoisotopic (exact) mass is 290 g/mol. The van der Waals surface area contributed by atoms with Crippen molar-refractivity contribution in [3.05, 3.63) is 24.0 Å². The number of aromatic nitrogens is 3. The first kappa shape index (κ1) is 15.3. The largest absolute Gasteiger partial charge is 0.477 e. The van der Waals surface area contributed by atoms with E-state index in [1.54, 1.807) is 13.3 Å². The molecule has 0 aliphatic rings. The summed E-state index contributed by atoms with van der Waals surface area (Å²) in [4.78, 5) is 4.25. The van der Waals surface area contributed by atoms with Crippen LogP contribution in [0.2, 0.25) is 0 Å². The number of pyridine rings is 1. The molecule has 2 aromatic heterocycles. The second-order valence-corrected chi connectivity index (χ2v) is 4.64. The molecular weight excluding hydrogens is 268 g/mol. The zero-order valence-corrected chi connectivity index (χ0v) is 12.8. The molecule has 0 aliphatic heterocycles. The van der Waals surface area contributed by atoms with Crippen LogP contribution in [0.25, 0.3) is 11.3 Å². The van der Waals surface area contributed by atoms with E-state index < -0.39 is 0 Å². The van der Waals surface area contributed by atoms with Gasteiger partial charge in [-0.05, 0) is 25.5 Å². The molecule has 0 aliphatic carbocycles. The number of aryl methyl sites for hydroxylation is 1. The lowest BCUT2D eigenvalue weighted by molar-refractivity contribution is 0.182. The molecule has 2 N–H and O–H groups in total. The molecule has 114 valence electrons. The molecule has 0 fully saturated rings. The van der Waals surface area contributed by atoms with Gasteiger partial charge in [0.1, 0.15) is 0 Å². The summed E-state index contributed by atoms with van der Waals surface area (Å²) in [6, 6.07) is 3.90. The SMILES string of the molecule is CCOc1ncc(N)cc1-c1cc(CC)n(CCOC)n1. The quantitative estimate of drug-likeness (QED) is 0.845. The number of nitrogens with zero attached hydrogens (tertiary/aromatic N) is 3. The van der Waals surface area contributed by atoms with Crippen LogP contribution in [-0.2, 0) is 17.7 Å². The minimum atomic E-state index is 0.551. The van der Waals surface area contributed by atoms with Crippen molar-refractivity contribution in [3.63, 3.8) is 0 Å². The van der Waals surface area contributed by atoms with Gasteiger partial charge >= 0.3 is 0 Å². The van der Waals surface area contributed by atoms with Crippen molar-refractivity contribution in [2.45, 2.75) is 26.8 Å². The zero-order chi connectivity index (χ0) is 15.2. The van der Waals surface area contributed by atoms with Crippen molar-refractivity contribution in [3.8, 4) is 17.1 Å². The van der Waals surface area contributed by atoms with Gasteiger partial charge in [0.05, 0.1) is 42.9 Å². The van der Waals surface area contributed by atoms with Crippen LogP contribution in [0.3, 0.4) is 0 Å². The molecule has 0 saturated carbocycles. The van der Waals surface area contributed by atoms with Crippen LogP contribution < -0.4 is 10.5 Å². The third-order valence-electron chi connectivity index (χ3n) is 3.16. The van der Waals surface area contributed by atoms with E-state index in [0.717, 1.165) is 29.9 Å². The van der Waals surface area contributed by atoms with Gasteiger partial charge in [0.15, 0.2) is 0 Å². The van der Waals surface area contributed by atoms with Gasteiger partial charge < -0.3 is 15.2 Å². The Balaban J connectivity index is 2.41. The maximum Gasteiger partial charge on any atom is 0.223 e. The van der Waals surface area contributed by atoms with Crippen LogP contribution in [0.15, 0.2) is 18.3 Å². The normalized spacial score (nSPS) is 10.8. The van der Waals surface area contributed by atoms with Crippen molar-refractivity contribution < 1.29 is 9.47 Å². The highest BCUT2D eigenvalue weighted by molar-refractivity contribution is 5.68. The van der Waals surface area contributed by atoms with Crippen molar-refractivity contribution >= 4 is 5.69 Å². The molecule has 0 aromatic carbocycles. The summed E-state index contributed by atoms with van der Waals surface area (Å²) in [7, 11) is 1.69. The van der Waals surface area contributed by atoms with Gasteiger partial charge in [-0.25, -0.2) is 4.98 Å². The summed E-state index contributed by atoms with van der Waals surface area (Å²) < 4.78 is 12.6. The van der Waals surface area contributed by atoms with E-state index in [0.29, 0.717) is 24.8 Å². The average molecular weight is 290 g/mol. The molecule has 2 heterocycles. The molecule has 0 atom stereocenters. The summed E-state index contributed by atoms with van der Waals surface area (Å²) in [6.07, 6.45) is 2.49. The molecule has 6 heteroatoms. The average Bonchev–Trinajstić information content (AvgIpc) is 2.90. The van der Waals surface area contributed by atoms with E-state index in [1.807, 2.05) is 17.7 Å². The van der Waals surface area contributed by atoms with E-state index in [9.17, 15) is 0 Å². The molecule has 6 nitrogen and oxygen atoms in total. The fraction of sp³-hybridized carbons (Fsp3) is 0.467. The van der Waals surface area contributed by atoms with E-state index in [-0.39, 0.29) is 0 Å². The number of hydrogen-bond donors (Lipinski definition) is 1. The topological polar surface area (TPSA) is 75.2 Å². The van der Waals surface area contributed by atoms with Crippen molar-refractivity contribution in [2.24, 2.45) is 0 Å². The van der Waals surface area contributed by atoms with Gasteiger partial charge in [0, 0.05) is 12.8 Å². The van der Waals surface area contributed by atoms with Crippen LogP contribution in [0.1, 0.15) is 19.5 Å². The molecule has 0 unspecified atom stereocenters. The number of ether oxygens (including phenoxy) is 2. The highest BCUT2D eigenvalue weighted by Gasteiger charge is 2.14. The first-order valence-corrected chi connectivity index (χ1v) is 7.13. The highest BCUT2D eigenvalue weighted by Crippen LogP contribution is 2.29. The Bertz CT molecular complexity index is 595. The van der Waals surface area contributed by atoms with Gasteiger partial charge in [-0.15, -0.1) is 0 Å². The lowest BCUT2D eigenvalue weighted by Gasteiger charge is -2.07. The number of hydrogen-bond acceptors (Lipinski definition) is 5. The predicted octanol–water partition coefficient (Wildman–Crippen LogP) is 2.13. The van der Waals surface area contributed by atoms with Crippen LogP contribution in [0, 0.1) is 0 Å². The Labute approximate surface area is 124 Å². The summed E-state index contributed by atoms with van der Waals surface area (Å²) >= 11 is 0. The Morgan fingerprint density at radius 2 is 2.10 bits per heavy atom. The summed E-state index contributed by atoms with van der Waals surface area (Å²) in [6.45, 7) is 5.93. The van der Waals surface area contributed by atoms with Crippen LogP contribution in [0.4, 0.5) is 5.69 Å².